The smallest absolute Gasteiger partial charge is 0.0907 e. The van der Waals surface area contributed by atoms with Gasteiger partial charge in [-0.2, -0.15) is 0 Å². The zero-order valence-electron chi connectivity index (χ0n) is 22.5. The summed E-state index contributed by atoms with van der Waals surface area (Å²) >= 11 is 0. The first kappa shape index (κ1) is 25.9. The Morgan fingerprint density at radius 3 is 1.06 bits per heavy atom. The van der Waals surface area contributed by atoms with Crippen LogP contribution < -0.4 is 0 Å². The number of nitrogens with zero attached hydrogens (tertiary/aromatic N) is 2. The zero-order chi connectivity index (χ0) is 24.9. The maximum absolute atomic E-state index is 4.70. The standard InChI is InChI=1S/C32H42N2/c1-9-31(5,10-2)25-17-13-23(14-18-25)27-21-22-28(30(34-8)29(27)33-7)24-15-19-26(20-16-24)32(6,11-3)12-4/h13-22H,9-12H2,1-8H3/b33-29-,34-30-. The van der Waals surface area contributed by atoms with Crippen molar-refractivity contribution in [3.8, 4) is 0 Å². The fourth-order valence-electron chi connectivity index (χ4n) is 4.92. The van der Waals surface area contributed by atoms with Gasteiger partial charge in [-0.3, -0.25) is 9.98 Å². The van der Waals surface area contributed by atoms with Crippen molar-refractivity contribution >= 4 is 22.6 Å². The molecule has 0 atom stereocenters. The predicted octanol–water partition coefficient (Wildman–Crippen LogP) is 8.46. The van der Waals surface area contributed by atoms with Gasteiger partial charge in [0.15, 0.2) is 0 Å². The molecule has 0 saturated heterocycles. The fraction of sp³-hybridized carbons (Fsp3) is 0.438. The van der Waals surface area contributed by atoms with Crippen LogP contribution in [0.25, 0.3) is 11.1 Å². The molecule has 34 heavy (non-hydrogen) atoms. The monoisotopic (exact) mass is 454 g/mol. The highest BCUT2D eigenvalue weighted by atomic mass is 14.8. The van der Waals surface area contributed by atoms with Crippen molar-refractivity contribution in [2.75, 3.05) is 14.1 Å². The molecule has 0 heterocycles. The van der Waals surface area contributed by atoms with Gasteiger partial charge in [-0.1, -0.05) is 102 Å². The minimum absolute atomic E-state index is 0.224. The molecule has 2 nitrogen and oxygen atoms in total. The molecule has 0 amide bonds. The maximum Gasteiger partial charge on any atom is 0.0907 e. The van der Waals surface area contributed by atoms with E-state index >= 15 is 0 Å². The topological polar surface area (TPSA) is 24.7 Å². The van der Waals surface area contributed by atoms with Crippen LogP contribution in [0, 0.1) is 0 Å². The summed E-state index contributed by atoms with van der Waals surface area (Å²) in [6, 6.07) is 18.1. The number of hydrogen-bond acceptors (Lipinski definition) is 2. The number of aliphatic imine (C=N–C) groups is 2. The van der Waals surface area contributed by atoms with Crippen LogP contribution >= 0.6 is 0 Å². The molecule has 0 aliphatic heterocycles. The Hall–Kier alpha value is -2.74. The zero-order valence-corrected chi connectivity index (χ0v) is 22.5. The van der Waals surface area contributed by atoms with Crippen LogP contribution in [-0.2, 0) is 10.8 Å². The SMILES string of the molecule is CCC(C)(CC)c1ccc(C2=CC=C(c3ccc(C(C)(CC)CC)cc3)C(=N/C)/C2=N\C)cc1. The first-order valence-electron chi connectivity index (χ1n) is 12.9. The third-order valence-corrected chi connectivity index (χ3v) is 8.51. The third-order valence-electron chi connectivity index (χ3n) is 8.51. The molecule has 0 unspecified atom stereocenters. The number of benzene rings is 2. The van der Waals surface area contributed by atoms with Crippen molar-refractivity contribution in [3.05, 3.63) is 82.9 Å². The van der Waals surface area contributed by atoms with E-state index in [4.69, 9.17) is 9.98 Å². The van der Waals surface area contributed by atoms with Crippen LogP contribution in [0.15, 0.2) is 70.7 Å². The summed E-state index contributed by atoms with van der Waals surface area (Å²) in [5.41, 5.74) is 9.81. The van der Waals surface area contributed by atoms with E-state index in [2.05, 4.69) is 102 Å². The van der Waals surface area contributed by atoms with Gasteiger partial charge in [-0.05, 0) is 58.8 Å². The lowest BCUT2D eigenvalue weighted by Gasteiger charge is -2.28. The van der Waals surface area contributed by atoms with E-state index in [1.54, 1.807) is 0 Å². The van der Waals surface area contributed by atoms with Gasteiger partial charge in [0, 0.05) is 25.2 Å². The highest BCUT2D eigenvalue weighted by Crippen LogP contribution is 2.35. The molecule has 0 saturated carbocycles. The Bertz CT molecular complexity index is 1010. The summed E-state index contributed by atoms with van der Waals surface area (Å²) in [6.07, 6.45) is 8.97. The van der Waals surface area contributed by atoms with Gasteiger partial charge >= 0.3 is 0 Å². The van der Waals surface area contributed by atoms with Gasteiger partial charge in [0.2, 0.25) is 0 Å². The molecule has 0 radical (unpaired) electrons. The summed E-state index contributed by atoms with van der Waals surface area (Å²) in [4.78, 5) is 9.39. The average molecular weight is 455 g/mol. The lowest BCUT2D eigenvalue weighted by atomic mass is 9.76. The molecule has 2 heteroatoms. The van der Waals surface area contributed by atoms with E-state index in [0.29, 0.717) is 0 Å². The molecule has 0 fully saturated rings. The minimum atomic E-state index is 0.224. The summed E-state index contributed by atoms with van der Waals surface area (Å²) in [5.74, 6) is 0. The van der Waals surface area contributed by atoms with Crippen LogP contribution in [0.1, 0.15) is 89.5 Å². The minimum Gasteiger partial charge on any atom is -0.286 e. The van der Waals surface area contributed by atoms with Gasteiger partial charge < -0.3 is 0 Å². The van der Waals surface area contributed by atoms with Crippen LogP contribution in [-0.4, -0.2) is 25.5 Å². The highest BCUT2D eigenvalue weighted by molar-refractivity contribution is 6.69. The van der Waals surface area contributed by atoms with Crippen LogP contribution in [0.5, 0.6) is 0 Å². The highest BCUT2D eigenvalue weighted by Gasteiger charge is 2.26. The summed E-state index contributed by atoms with van der Waals surface area (Å²) in [7, 11) is 3.74. The molecule has 1 aliphatic carbocycles. The largest absolute Gasteiger partial charge is 0.286 e. The molecule has 2 aromatic carbocycles. The van der Waals surface area contributed by atoms with Gasteiger partial charge in [0.25, 0.3) is 0 Å². The van der Waals surface area contributed by atoms with Crippen molar-refractivity contribution in [1.29, 1.82) is 0 Å². The summed E-state index contributed by atoms with van der Waals surface area (Å²) < 4.78 is 0. The molecule has 0 spiro atoms. The molecule has 0 N–H and O–H groups in total. The van der Waals surface area contributed by atoms with E-state index in [1.807, 2.05) is 14.1 Å². The van der Waals surface area contributed by atoms with Gasteiger partial charge in [0.1, 0.15) is 0 Å². The Morgan fingerprint density at radius 1 is 0.529 bits per heavy atom. The second kappa shape index (κ2) is 10.7. The molecule has 180 valence electrons. The number of allylic oxidation sites excluding steroid dienone is 4. The first-order valence-corrected chi connectivity index (χ1v) is 12.9. The van der Waals surface area contributed by atoms with Gasteiger partial charge in [-0.15, -0.1) is 0 Å². The molecular weight excluding hydrogens is 412 g/mol. The lowest BCUT2D eigenvalue weighted by Crippen LogP contribution is -2.22. The quantitative estimate of drug-likeness (QED) is 0.357. The second-order valence-electron chi connectivity index (χ2n) is 10.00. The third kappa shape index (κ3) is 4.73. The van der Waals surface area contributed by atoms with E-state index in [-0.39, 0.29) is 10.8 Å². The number of hydrogen-bond donors (Lipinski definition) is 0. The van der Waals surface area contributed by atoms with E-state index in [9.17, 15) is 0 Å². The lowest BCUT2D eigenvalue weighted by molar-refractivity contribution is 0.439. The van der Waals surface area contributed by atoms with Crippen LogP contribution in [0.2, 0.25) is 0 Å². The Morgan fingerprint density at radius 2 is 0.824 bits per heavy atom. The summed E-state index contributed by atoms with van der Waals surface area (Å²) in [6.45, 7) is 13.8. The Kier molecular flexibility index (Phi) is 8.13. The van der Waals surface area contributed by atoms with Crippen molar-refractivity contribution in [2.45, 2.75) is 78.1 Å². The van der Waals surface area contributed by atoms with Crippen molar-refractivity contribution in [3.63, 3.8) is 0 Å². The summed E-state index contributed by atoms with van der Waals surface area (Å²) in [5, 5.41) is 0. The molecule has 0 bridgehead atoms. The van der Waals surface area contributed by atoms with Crippen LogP contribution in [0.4, 0.5) is 0 Å². The molecule has 1 aliphatic rings. The maximum atomic E-state index is 4.70. The van der Waals surface area contributed by atoms with Crippen molar-refractivity contribution < 1.29 is 0 Å². The number of rotatable bonds is 8. The second-order valence-corrected chi connectivity index (χ2v) is 10.00. The van der Waals surface area contributed by atoms with Gasteiger partial charge in [-0.25, -0.2) is 0 Å². The molecular formula is C32H42N2. The Balaban J connectivity index is 2.01. The van der Waals surface area contributed by atoms with E-state index in [1.165, 1.54) is 22.3 Å². The molecule has 0 aromatic heterocycles. The van der Waals surface area contributed by atoms with Crippen molar-refractivity contribution in [1.82, 2.24) is 0 Å². The van der Waals surface area contributed by atoms with Crippen molar-refractivity contribution in [2.24, 2.45) is 9.98 Å². The Labute approximate surface area is 207 Å². The molecule has 2 aromatic rings. The predicted molar refractivity (Wildman–Crippen MR) is 151 cm³/mol. The fourth-order valence-corrected chi connectivity index (χ4v) is 4.92. The first-order chi connectivity index (χ1) is 16.3. The van der Waals surface area contributed by atoms with E-state index < -0.39 is 0 Å². The van der Waals surface area contributed by atoms with Gasteiger partial charge in [0.05, 0.1) is 11.4 Å². The van der Waals surface area contributed by atoms with Crippen LogP contribution in [0.3, 0.4) is 0 Å². The normalized spacial score (nSPS) is 17.2. The van der Waals surface area contributed by atoms with E-state index in [0.717, 1.165) is 48.3 Å². The average Bonchev–Trinajstić information content (AvgIpc) is 2.91. The molecule has 3 rings (SSSR count).